The summed E-state index contributed by atoms with van der Waals surface area (Å²) in [5, 5.41) is 0. The van der Waals surface area contributed by atoms with E-state index in [1.54, 1.807) is 18.7 Å². The maximum Gasteiger partial charge on any atom is 0.0994 e. The Bertz CT molecular complexity index is 241. The number of aryl methyl sites for hydroxylation is 1. The summed E-state index contributed by atoms with van der Waals surface area (Å²) in [6.07, 6.45) is 5.24. The van der Waals surface area contributed by atoms with E-state index in [1.807, 2.05) is 11.5 Å². The van der Waals surface area contributed by atoms with Crippen LogP contribution in [-0.2, 0) is 0 Å². The van der Waals surface area contributed by atoms with Crippen LogP contribution in [0.15, 0.2) is 24.8 Å². The number of imidazole rings is 1. The molecule has 1 heterocycles. The Kier molecular flexibility index (Phi) is 1.52. The second-order valence-corrected chi connectivity index (χ2v) is 1.78. The molecule has 0 aromatic carbocycles. The lowest BCUT2D eigenvalue weighted by Crippen LogP contribution is -1.83. The Morgan fingerprint density at radius 2 is 2.67 bits per heavy atom. The van der Waals surface area contributed by atoms with E-state index in [-0.39, 0.29) is 0 Å². The minimum Gasteiger partial charge on any atom is -0.303 e. The highest BCUT2D eigenvalue weighted by atomic mass is 15.0. The van der Waals surface area contributed by atoms with Crippen molar-refractivity contribution in [3.05, 3.63) is 30.5 Å². The molecule has 0 fully saturated rings. The van der Waals surface area contributed by atoms with Crippen molar-refractivity contribution in [2.24, 2.45) is 0 Å². The van der Waals surface area contributed by atoms with Crippen LogP contribution in [-0.4, -0.2) is 9.55 Å². The van der Waals surface area contributed by atoms with E-state index in [0.29, 0.717) is 0 Å². The first-order chi connectivity index (χ1) is 4.34. The first-order valence-electron chi connectivity index (χ1n) is 2.69. The minimum atomic E-state index is 1.09. The summed E-state index contributed by atoms with van der Waals surface area (Å²) in [6.45, 7) is 5.42. The van der Waals surface area contributed by atoms with Gasteiger partial charge in [-0.25, -0.2) is 4.98 Å². The van der Waals surface area contributed by atoms with Gasteiger partial charge >= 0.3 is 0 Å². The fourth-order valence-corrected chi connectivity index (χ4v) is 0.604. The number of hydrogen-bond donors (Lipinski definition) is 0. The van der Waals surface area contributed by atoms with Crippen LogP contribution in [0.25, 0.3) is 6.20 Å². The van der Waals surface area contributed by atoms with Gasteiger partial charge in [0.15, 0.2) is 0 Å². The molecule has 0 aliphatic carbocycles. The molecule has 0 saturated carbocycles. The summed E-state index contributed by atoms with van der Waals surface area (Å²) in [7, 11) is 0. The average Bonchev–Trinajstić information content (AvgIpc) is 2.18. The summed E-state index contributed by atoms with van der Waals surface area (Å²) in [5.41, 5.74) is 3.75. The van der Waals surface area contributed by atoms with Gasteiger partial charge in [0.05, 0.1) is 12.5 Å². The topological polar surface area (TPSA) is 17.8 Å². The lowest BCUT2D eigenvalue weighted by molar-refractivity contribution is 1.08. The van der Waals surface area contributed by atoms with Crippen LogP contribution in [0.5, 0.6) is 0 Å². The molecule has 1 rings (SSSR count). The molecule has 1 aromatic rings. The van der Waals surface area contributed by atoms with Crippen LogP contribution in [0.2, 0.25) is 0 Å². The van der Waals surface area contributed by atoms with E-state index in [1.165, 1.54) is 0 Å². The molecule has 0 saturated heterocycles. The van der Waals surface area contributed by atoms with Crippen molar-refractivity contribution in [2.45, 2.75) is 6.92 Å². The van der Waals surface area contributed by atoms with Crippen LogP contribution in [0.3, 0.4) is 0 Å². The van der Waals surface area contributed by atoms with Crippen molar-refractivity contribution in [3.8, 4) is 0 Å². The van der Waals surface area contributed by atoms with Gasteiger partial charge < -0.3 is 4.57 Å². The molecule has 0 spiro atoms. The van der Waals surface area contributed by atoms with E-state index < -0.39 is 0 Å². The third kappa shape index (κ3) is 1.09. The summed E-state index contributed by atoms with van der Waals surface area (Å²) in [5.74, 6) is 0. The molecule has 2 heteroatoms. The van der Waals surface area contributed by atoms with Gasteiger partial charge in [0.25, 0.3) is 0 Å². The third-order valence-electron chi connectivity index (χ3n) is 1.09. The second-order valence-electron chi connectivity index (χ2n) is 1.78. The normalized spacial score (nSPS) is 8.56. The molecule has 0 amide bonds. The predicted octanol–water partition coefficient (Wildman–Crippen LogP) is 1.45. The summed E-state index contributed by atoms with van der Waals surface area (Å²) in [4.78, 5) is 3.90. The maximum absolute atomic E-state index is 3.90. The summed E-state index contributed by atoms with van der Waals surface area (Å²) in [6, 6.07) is 0. The highest BCUT2D eigenvalue weighted by Crippen LogP contribution is 1.94. The summed E-state index contributed by atoms with van der Waals surface area (Å²) < 4.78 is 1.85. The first-order valence-corrected chi connectivity index (χ1v) is 2.69. The van der Waals surface area contributed by atoms with E-state index >= 15 is 0 Å². The molecule has 0 unspecified atom stereocenters. The van der Waals surface area contributed by atoms with Crippen molar-refractivity contribution in [3.63, 3.8) is 0 Å². The Labute approximate surface area is 54.2 Å². The zero-order chi connectivity index (χ0) is 6.69. The lowest BCUT2D eigenvalue weighted by Gasteiger charge is -1.89. The molecule has 46 valence electrons. The number of nitrogens with zero attached hydrogens (tertiary/aromatic N) is 2. The van der Waals surface area contributed by atoms with Gasteiger partial charge in [0, 0.05) is 11.9 Å². The molecular formula is C7H8N2. The quantitative estimate of drug-likeness (QED) is 0.513. The number of hydrogen-bond acceptors (Lipinski definition) is 1. The predicted molar refractivity (Wildman–Crippen MR) is 36.9 cm³/mol. The summed E-state index contributed by atoms with van der Waals surface area (Å²) >= 11 is 0. The first kappa shape index (κ1) is 5.86. The number of rotatable bonds is 1. The lowest BCUT2D eigenvalue weighted by atomic mass is 10.5. The molecule has 0 bridgehead atoms. The Morgan fingerprint density at radius 3 is 3.11 bits per heavy atom. The van der Waals surface area contributed by atoms with Crippen molar-refractivity contribution < 1.29 is 0 Å². The van der Waals surface area contributed by atoms with Gasteiger partial charge in [-0.3, -0.25) is 0 Å². The number of aromatic nitrogens is 2. The van der Waals surface area contributed by atoms with Crippen LogP contribution in [0.4, 0.5) is 0 Å². The minimum absolute atomic E-state index is 1.09. The largest absolute Gasteiger partial charge is 0.303 e. The standard InChI is InChI=1S/C7H8N2/c1-3-4-9-6-8-5-7(9)2/h4-6H,1H2,2H3. The van der Waals surface area contributed by atoms with E-state index in [0.717, 1.165) is 5.69 Å². The Hall–Kier alpha value is -1.27. The van der Waals surface area contributed by atoms with Gasteiger partial charge in [0.2, 0.25) is 0 Å². The van der Waals surface area contributed by atoms with Crippen molar-refractivity contribution in [1.29, 1.82) is 0 Å². The second kappa shape index (κ2) is 2.33. The van der Waals surface area contributed by atoms with Crippen molar-refractivity contribution in [2.75, 3.05) is 0 Å². The van der Waals surface area contributed by atoms with Crippen LogP contribution >= 0.6 is 0 Å². The third-order valence-corrected chi connectivity index (χ3v) is 1.09. The molecule has 2 nitrogen and oxygen atoms in total. The van der Waals surface area contributed by atoms with Crippen molar-refractivity contribution in [1.82, 2.24) is 9.55 Å². The fraction of sp³-hybridized carbons (Fsp3) is 0.143. The zero-order valence-electron chi connectivity index (χ0n) is 5.33. The molecule has 0 radical (unpaired) electrons. The van der Waals surface area contributed by atoms with Gasteiger partial charge in [-0.1, -0.05) is 6.58 Å². The molecular weight excluding hydrogens is 112 g/mol. The van der Waals surface area contributed by atoms with Gasteiger partial charge in [-0.05, 0) is 6.92 Å². The molecule has 0 atom stereocenters. The fourth-order valence-electron chi connectivity index (χ4n) is 0.604. The van der Waals surface area contributed by atoms with Gasteiger partial charge in [-0.15, -0.1) is 5.73 Å². The molecule has 9 heavy (non-hydrogen) atoms. The van der Waals surface area contributed by atoms with Gasteiger partial charge in [-0.2, -0.15) is 0 Å². The van der Waals surface area contributed by atoms with E-state index in [4.69, 9.17) is 0 Å². The average molecular weight is 120 g/mol. The monoisotopic (exact) mass is 120 g/mol. The maximum atomic E-state index is 3.90. The highest BCUT2D eigenvalue weighted by Gasteiger charge is 1.87. The van der Waals surface area contributed by atoms with Crippen LogP contribution in [0.1, 0.15) is 5.69 Å². The molecule has 0 aliphatic heterocycles. The molecule has 1 aromatic heterocycles. The van der Waals surface area contributed by atoms with E-state index in [2.05, 4.69) is 17.3 Å². The zero-order valence-corrected chi connectivity index (χ0v) is 5.33. The van der Waals surface area contributed by atoms with Crippen LogP contribution in [0, 0.1) is 6.92 Å². The molecule has 0 aliphatic rings. The van der Waals surface area contributed by atoms with E-state index in [9.17, 15) is 0 Å². The van der Waals surface area contributed by atoms with Crippen LogP contribution < -0.4 is 0 Å². The smallest absolute Gasteiger partial charge is 0.0994 e. The van der Waals surface area contributed by atoms with Crippen molar-refractivity contribution >= 4 is 6.20 Å². The Balaban J connectivity index is 3.07. The molecule has 0 N–H and O–H groups in total. The Morgan fingerprint density at radius 1 is 1.89 bits per heavy atom. The SMILES string of the molecule is C=C=Cn1cncc1C. The van der Waals surface area contributed by atoms with Gasteiger partial charge in [0.1, 0.15) is 0 Å². The highest BCUT2D eigenvalue weighted by molar-refractivity contribution is 5.22.